The van der Waals surface area contributed by atoms with E-state index in [0.29, 0.717) is 0 Å². The zero-order chi connectivity index (χ0) is 8.81. The third-order valence-corrected chi connectivity index (χ3v) is 2.33. The summed E-state index contributed by atoms with van der Waals surface area (Å²) < 4.78 is 0. The smallest absolute Gasteiger partial charge is 0.0369 e. The van der Waals surface area contributed by atoms with Crippen LogP contribution >= 0.6 is 15.9 Å². The lowest BCUT2D eigenvalue weighted by Gasteiger charge is -2.07. The van der Waals surface area contributed by atoms with Crippen LogP contribution in [0, 0.1) is 6.92 Å². The molecule has 1 rings (SSSR count). The van der Waals surface area contributed by atoms with Crippen molar-refractivity contribution < 1.29 is 0 Å². The van der Waals surface area contributed by atoms with Crippen LogP contribution in [0.5, 0.6) is 0 Å². The Morgan fingerprint density at radius 3 is 2.75 bits per heavy atom. The molecular formula is C10H14BrN. The number of benzene rings is 1. The van der Waals surface area contributed by atoms with E-state index in [9.17, 15) is 0 Å². The van der Waals surface area contributed by atoms with Gasteiger partial charge in [-0.3, -0.25) is 0 Å². The van der Waals surface area contributed by atoms with E-state index in [2.05, 4.69) is 52.4 Å². The van der Waals surface area contributed by atoms with Gasteiger partial charge in [0, 0.05) is 17.6 Å². The molecule has 0 unspecified atom stereocenters. The molecule has 1 aromatic carbocycles. The summed E-state index contributed by atoms with van der Waals surface area (Å²) in [6, 6.07) is 8.36. The average Bonchev–Trinajstić information content (AvgIpc) is 2.09. The molecule has 0 bridgehead atoms. The van der Waals surface area contributed by atoms with E-state index in [1.807, 2.05) is 0 Å². The van der Waals surface area contributed by atoms with Crippen LogP contribution in [0.3, 0.4) is 0 Å². The summed E-state index contributed by atoms with van der Waals surface area (Å²) in [5, 5.41) is 4.45. The highest BCUT2D eigenvalue weighted by atomic mass is 79.9. The fourth-order valence-corrected chi connectivity index (χ4v) is 1.34. The minimum atomic E-state index is 1.04. The maximum atomic E-state index is 3.40. The molecule has 0 aliphatic rings. The molecule has 0 aromatic heterocycles. The molecule has 1 nitrogen and oxygen atoms in total. The summed E-state index contributed by atoms with van der Waals surface area (Å²) in [6.45, 7) is 3.16. The molecule has 1 aromatic rings. The molecule has 0 heterocycles. The Balaban J connectivity index is 2.46. The summed E-state index contributed by atoms with van der Waals surface area (Å²) in [4.78, 5) is 0. The van der Waals surface area contributed by atoms with Gasteiger partial charge in [0.25, 0.3) is 0 Å². The van der Waals surface area contributed by atoms with Gasteiger partial charge in [-0.1, -0.05) is 34.1 Å². The molecule has 0 spiro atoms. The van der Waals surface area contributed by atoms with Crippen molar-refractivity contribution in [1.29, 1.82) is 0 Å². The van der Waals surface area contributed by atoms with Gasteiger partial charge in [-0.25, -0.2) is 0 Å². The summed E-state index contributed by atoms with van der Waals surface area (Å²) >= 11 is 3.40. The largest absolute Gasteiger partial charge is 0.385 e. The number of hydrogen-bond donors (Lipinski definition) is 1. The quantitative estimate of drug-likeness (QED) is 0.616. The maximum Gasteiger partial charge on any atom is 0.0369 e. The van der Waals surface area contributed by atoms with Gasteiger partial charge < -0.3 is 5.32 Å². The van der Waals surface area contributed by atoms with Crippen LogP contribution in [-0.2, 0) is 0 Å². The van der Waals surface area contributed by atoms with Gasteiger partial charge >= 0.3 is 0 Å². The molecule has 12 heavy (non-hydrogen) atoms. The molecule has 0 aliphatic carbocycles. The van der Waals surface area contributed by atoms with E-state index < -0.39 is 0 Å². The molecule has 1 N–H and O–H groups in total. The van der Waals surface area contributed by atoms with Crippen molar-refractivity contribution in [3.8, 4) is 0 Å². The van der Waals surface area contributed by atoms with Gasteiger partial charge in [-0.15, -0.1) is 0 Å². The first-order chi connectivity index (χ1) is 5.84. The Labute approximate surface area is 82.3 Å². The topological polar surface area (TPSA) is 12.0 Å². The van der Waals surface area contributed by atoms with Crippen molar-refractivity contribution in [2.24, 2.45) is 0 Å². The summed E-state index contributed by atoms with van der Waals surface area (Å²) in [6.07, 6.45) is 1.16. The van der Waals surface area contributed by atoms with Crippen molar-refractivity contribution in [3.05, 3.63) is 29.8 Å². The Morgan fingerprint density at radius 2 is 2.08 bits per heavy atom. The minimum Gasteiger partial charge on any atom is -0.385 e. The second kappa shape index (κ2) is 5.20. The normalized spacial score (nSPS) is 9.83. The van der Waals surface area contributed by atoms with E-state index >= 15 is 0 Å². The summed E-state index contributed by atoms with van der Waals surface area (Å²) in [5.41, 5.74) is 2.56. The number of rotatable bonds is 4. The van der Waals surface area contributed by atoms with Crippen LogP contribution in [-0.4, -0.2) is 11.9 Å². The monoisotopic (exact) mass is 227 g/mol. The maximum absolute atomic E-state index is 3.40. The number of anilines is 1. The molecule has 0 amide bonds. The molecule has 0 saturated heterocycles. The van der Waals surface area contributed by atoms with Crippen LogP contribution in [0.2, 0.25) is 0 Å². The predicted molar refractivity (Wildman–Crippen MR) is 58.1 cm³/mol. The third kappa shape index (κ3) is 2.86. The first kappa shape index (κ1) is 9.59. The zero-order valence-corrected chi connectivity index (χ0v) is 8.89. The average molecular weight is 228 g/mol. The number of aryl methyl sites for hydroxylation is 1. The van der Waals surface area contributed by atoms with Crippen molar-refractivity contribution in [1.82, 2.24) is 0 Å². The van der Waals surface area contributed by atoms with Crippen LogP contribution in [0.25, 0.3) is 0 Å². The Hall–Kier alpha value is -0.500. The van der Waals surface area contributed by atoms with E-state index in [1.165, 1.54) is 11.3 Å². The fraction of sp³-hybridized carbons (Fsp3) is 0.400. The summed E-state index contributed by atoms with van der Waals surface area (Å²) in [5.74, 6) is 0. The van der Waals surface area contributed by atoms with Crippen LogP contribution in [0.15, 0.2) is 24.3 Å². The van der Waals surface area contributed by atoms with Crippen LogP contribution < -0.4 is 5.32 Å². The highest BCUT2D eigenvalue weighted by molar-refractivity contribution is 9.09. The standard InChI is InChI=1S/C10H14BrN/c1-9-5-2-3-6-10(9)12-8-4-7-11/h2-3,5-6,12H,4,7-8H2,1H3. The molecule has 0 fully saturated rings. The molecule has 0 atom stereocenters. The predicted octanol–water partition coefficient (Wildman–Crippen LogP) is 3.19. The van der Waals surface area contributed by atoms with Gasteiger partial charge in [0.1, 0.15) is 0 Å². The highest BCUT2D eigenvalue weighted by Gasteiger charge is 1.93. The molecule has 66 valence electrons. The van der Waals surface area contributed by atoms with E-state index in [4.69, 9.17) is 0 Å². The Kier molecular flexibility index (Phi) is 4.15. The second-order valence-electron chi connectivity index (χ2n) is 2.78. The molecule has 0 aliphatic heterocycles. The lowest BCUT2D eigenvalue weighted by Crippen LogP contribution is -2.02. The molecule has 0 radical (unpaired) electrons. The fourth-order valence-electron chi connectivity index (χ4n) is 1.06. The summed E-state index contributed by atoms with van der Waals surface area (Å²) in [7, 11) is 0. The van der Waals surface area contributed by atoms with Crippen LogP contribution in [0.4, 0.5) is 5.69 Å². The minimum absolute atomic E-state index is 1.04. The van der Waals surface area contributed by atoms with E-state index in [1.54, 1.807) is 0 Å². The number of hydrogen-bond acceptors (Lipinski definition) is 1. The Bertz CT molecular complexity index is 235. The lowest BCUT2D eigenvalue weighted by molar-refractivity contribution is 0.997. The molecular weight excluding hydrogens is 214 g/mol. The first-order valence-corrected chi connectivity index (χ1v) is 5.32. The number of alkyl halides is 1. The van der Waals surface area contributed by atoms with Crippen LogP contribution in [0.1, 0.15) is 12.0 Å². The van der Waals surface area contributed by atoms with Crippen molar-refractivity contribution >= 4 is 21.6 Å². The number of nitrogens with one attached hydrogen (secondary N) is 1. The first-order valence-electron chi connectivity index (χ1n) is 4.20. The SMILES string of the molecule is Cc1ccccc1NCCCBr. The lowest BCUT2D eigenvalue weighted by atomic mass is 10.2. The van der Waals surface area contributed by atoms with Gasteiger partial charge in [0.2, 0.25) is 0 Å². The second-order valence-corrected chi connectivity index (χ2v) is 3.58. The van der Waals surface area contributed by atoms with Crippen molar-refractivity contribution in [2.75, 3.05) is 17.2 Å². The Morgan fingerprint density at radius 1 is 1.33 bits per heavy atom. The highest BCUT2D eigenvalue weighted by Crippen LogP contribution is 2.12. The molecule has 0 saturated carbocycles. The third-order valence-electron chi connectivity index (χ3n) is 1.77. The van der Waals surface area contributed by atoms with Crippen molar-refractivity contribution in [2.45, 2.75) is 13.3 Å². The van der Waals surface area contributed by atoms with E-state index in [-0.39, 0.29) is 0 Å². The zero-order valence-electron chi connectivity index (χ0n) is 7.31. The number of para-hydroxylation sites is 1. The van der Waals surface area contributed by atoms with Gasteiger partial charge in [-0.2, -0.15) is 0 Å². The van der Waals surface area contributed by atoms with Gasteiger partial charge in [0.05, 0.1) is 0 Å². The van der Waals surface area contributed by atoms with E-state index in [0.717, 1.165) is 18.3 Å². The van der Waals surface area contributed by atoms with Gasteiger partial charge in [0.15, 0.2) is 0 Å². The molecule has 2 heteroatoms. The van der Waals surface area contributed by atoms with Gasteiger partial charge in [-0.05, 0) is 25.0 Å². The number of halogens is 1. The van der Waals surface area contributed by atoms with Crippen molar-refractivity contribution in [3.63, 3.8) is 0 Å².